The van der Waals surface area contributed by atoms with Crippen molar-refractivity contribution in [2.24, 2.45) is 0 Å². The molecule has 0 bridgehead atoms. The van der Waals surface area contributed by atoms with Crippen LogP contribution < -0.4 is 21.0 Å². The van der Waals surface area contributed by atoms with Gasteiger partial charge >= 0.3 is 11.7 Å². The average Bonchev–Trinajstić information content (AvgIpc) is 2.69. The van der Waals surface area contributed by atoms with Gasteiger partial charge in [0.25, 0.3) is 0 Å². The summed E-state index contributed by atoms with van der Waals surface area (Å²) in [5, 5.41) is 7.22. The quantitative estimate of drug-likeness (QED) is 0.425. The molecule has 0 aliphatic rings. The summed E-state index contributed by atoms with van der Waals surface area (Å²) in [5.41, 5.74) is 0.555. The first kappa shape index (κ1) is 16.6. The number of nitrogens with one attached hydrogen (secondary N) is 2. The van der Waals surface area contributed by atoms with Crippen LogP contribution in [0.2, 0.25) is 0 Å². The molecule has 2 aromatic carbocycles. The maximum atomic E-state index is 12.2. The van der Waals surface area contributed by atoms with Gasteiger partial charge in [0, 0.05) is 22.7 Å². The molecule has 0 fully saturated rings. The number of ether oxygens (including phenoxy) is 1. The number of hydrogen-bond acceptors (Lipinski definition) is 5. The molecule has 0 aliphatic carbocycles. The van der Waals surface area contributed by atoms with Crippen molar-refractivity contribution in [3.05, 3.63) is 71.2 Å². The van der Waals surface area contributed by atoms with Crippen LogP contribution in [0, 0.1) is 0 Å². The molecule has 4 aromatic rings. The van der Waals surface area contributed by atoms with E-state index >= 15 is 0 Å². The van der Waals surface area contributed by atoms with E-state index in [0.717, 1.165) is 0 Å². The minimum absolute atomic E-state index is 0.422. The molecule has 27 heavy (non-hydrogen) atoms. The van der Waals surface area contributed by atoms with Crippen LogP contribution in [0.1, 0.15) is 0 Å². The molecule has 0 radical (unpaired) electrons. The summed E-state index contributed by atoms with van der Waals surface area (Å²) in [6.07, 6.45) is 1.59. The zero-order valence-electron chi connectivity index (χ0n) is 14.4. The van der Waals surface area contributed by atoms with E-state index in [1.807, 2.05) is 0 Å². The van der Waals surface area contributed by atoms with E-state index in [9.17, 15) is 9.59 Å². The van der Waals surface area contributed by atoms with E-state index in [4.69, 9.17) is 9.15 Å². The number of fused-ring (bicyclic) bond motifs is 3. The van der Waals surface area contributed by atoms with Gasteiger partial charge in [-0.1, -0.05) is 6.07 Å². The number of carbonyl (C=O) groups excluding carboxylic acids is 1. The number of methoxy groups -OCH3 is 1. The zero-order valence-corrected chi connectivity index (χ0v) is 14.4. The molecule has 0 aliphatic heterocycles. The van der Waals surface area contributed by atoms with Gasteiger partial charge in [0.1, 0.15) is 17.2 Å². The summed E-state index contributed by atoms with van der Waals surface area (Å²) >= 11 is 0. The molecule has 134 valence electrons. The molecule has 2 aromatic heterocycles. The number of aromatic nitrogens is 1. The Morgan fingerprint density at radius 2 is 1.89 bits per heavy atom. The third-order valence-electron chi connectivity index (χ3n) is 4.08. The lowest BCUT2D eigenvalue weighted by molar-refractivity contribution is 0.262. The number of carbonyl (C=O) groups is 1. The van der Waals surface area contributed by atoms with Crippen LogP contribution in [0.3, 0.4) is 0 Å². The fourth-order valence-corrected chi connectivity index (χ4v) is 2.83. The minimum Gasteiger partial charge on any atom is -0.497 e. The predicted molar refractivity (Wildman–Crippen MR) is 103 cm³/mol. The predicted octanol–water partition coefficient (Wildman–Crippen LogP) is 3.99. The maximum absolute atomic E-state index is 12.2. The molecule has 0 spiro atoms. The molecule has 0 saturated carbocycles. The number of anilines is 2. The van der Waals surface area contributed by atoms with Gasteiger partial charge in [-0.25, -0.2) is 14.6 Å². The van der Waals surface area contributed by atoms with Crippen LogP contribution in [0.5, 0.6) is 5.75 Å². The SMILES string of the molecule is COc1ccc2c(=O)oc3ccc(NC(=O)Nc4ccccn4)cc3c2c1. The number of rotatable bonds is 3. The Morgan fingerprint density at radius 1 is 1.00 bits per heavy atom. The van der Waals surface area contributed by atoms with Crippen LogP contribution in [-0.4, -0.2) is 18.1 Å². The lowest BCUT2D eigenvalue weighted by atomic mass is 10.1. The Labute approximate surface area is 153 Å². The monoisotopic (exact) mass is 361 g/mol. The molecule has 4 rings (SSSR count). The van der Waals surface area contributed by atoms with Crippen LogP contribution in [0.15, 0.2) is 70.0 Å². The highest BCUT2D eigenvalue weighted by Crippen LogP contribution is 2.28. The molecular weight excluding hydrogens is 346 g/mol. The number of urea groups is 1. The number of hydrogen-bond donors (Lipinski definition) is 2. The van der Waals surface area contributed by atoms with Crippen molar-refractivity contribution in [3.8, 4) is 5.75 Å². The van der Waals surface area contributed by atoms with Crippen LogP contribution in [-0.2, 0) is 0 Å². The smallest absolute Gasteiger partial charge is 0.344 e. The van der Waals surface area contributed by atoms with Crippen molar-refractivity contribution in [2.75, 3.05) is 17.7 Å². The lowest BCUT2D eigenvalue weighted by Crippen LogP contribution is -2.19. The Balaban J connectivity index is 1.72. The lowest BCUT2D eigenvalue weighted by Gasteiger charge is -2.09. The first-order valence-corrected chi connectivity index (χ1v) is 8.18. The van der Waals surface area contributed by atoms with E-state index in [0.29, 0.717) is 39.0 Å². The second-order valence-electron chi connectivity index (χ2n) is 5.81. The highest BCUT2D eigenvalue weighted by molar-refractivity contribution is 6.07. The summed E-state index contributed by atoms with van der Waals surface area (Å²) in [5.74, 6) is 1.07. The van der Waals surface area contributed by atoms with Gasteiger partial charge in [-0.05, 0) is 48.5 Å². The number of pyridine rings is 1. The number of benzene rings is 2. The fraction of sp³-hybridized carbons (Fsp3) is 0.0500. The third-order valence-corrected chi connectivity index (χ3v) is 4.08. The van der Waals surface area contributed by atoms with Gasteiger partial charge in [-0.2, -0.15) is 0 Å². The van der Waals surface area contributed by atoms with Gasteiger partial charge in [0.2, 0.25) is 0 Å². The highest BCUT2D eigenvalue weighted by Gasteiger charge is 2.10. The largest absolute Gasteiger partial charge is 0.497 e. The minimum atomic E-state index is -0.424. The van der Waals surface area contributed by atoms with E-state index in [2.05, 4.69) is 15.6 Å². The fourth-order valence-electron chi connectivity index (χ4n) is 2.83. The Morgan fingerprint density at radius 3 is 2.67 bits per heavy atom. The molecule has 7 heteroatoms. The molecule has 7 nitrogen and oxygen atoms in total. The van der Waals surface area contributed by atoms with E-state index in [1.165, 1.54) is 0 Å². The van der Waals surface area contributed by atoms with Crippen LogP contribution in [0.4, 0.5) is 16.3 Å². The first-order chi connectivity index (χ1) is 13.1. The third kappa shape index (κ3) is 3.30. The molecular formula is C20H15N3O4. The van der Waals surface area contributed by atoms with E-state index in [-0.39, 0.29) is 0 Å². The second kappa shape index (κ2) is 6.80. The molecule has 2 N–H and O–H groups in total. The van der Waals surface area contributed by atoms with Gasteiger partial charge in [0.05, 0.1) is 12.5 Å². The summed E-state index contributed by atoms with van der Waals surface area (Å²) in [4.78, 5) is 28.4. The van der Waals surface area contributed by atoms with Crippen molar-refractivity contribution >= 4 is 39.3 Å². The standard InChI is InChI=1S/C20H15N3O4/c1-26-13-6-7-14-15(11-13)16-10-12(5-8-17(16)27-19(14)24)22-20(25)23-18-4-2-3-9-21-18/h2-11H,1H3,(H2,21,22,23,25). The Hall–Kier alpha value is -3.87. The number of nitrogens with zero attached hydrogens (tertiary/aromatic N) is 1. The molecule has 0 unspecified atom stereocenters. The van der Waals surface area contributed by atoms with E-state index in [1.54, 1.807) is 67.9 Å². The summed E-state index contributed by atoms with van der Waals surface area (Å²) in [7, 11) is 1.56. The second-order valence-corrected chi connectivity index (χ2v) is 5.81. The molecule has 0 atom stereocenters. The van der Waals surface area contributed by atoms with Crippen molar-refractivity contribution in [1.82, 2.24) is 4.98 Å². The van der Waals surface area contributed by atoms with Crippen molar-refractivity contribution < 1.29 is 13.9 Å². The van der Waals surface area contributed by atoms with Crippen molar-refractivity contribution in [1.29, 1.82) is 0 Å². The zero-order chi connectivity index (χ0) is 18.8. The molecule has 2 amide bonds. The maximum Gasteiger partial charge on any atom is 0.344 e. The van der Waals surface area contributed by atoms with Gasteiger partial charge in [-0.3, -0.25) is 5.32 Å². The van der Waals surface area contributed by atoms with Gasteiger partial charge in [-0.15, -0.1) is 0 Å². The van der Waals surface area contributed by atoms with Crippen LogP contribution in [0.25, 0.3) is 21.7 Å². The summed E-state index contributed by atoms with van der Waals surface area (Å²) in [6, 6.07) is 15.0. The Kier molecular flexibility index (Phi) is 4.18. The Bertz CT molecular complexity index is 1200. The van der Waals surface area contributed by atoms with Gasteiger partial charge in [0.15, 0.2) is 0 Å². The molecule has 0 saturated heterocycles. The van der Waals surface area contributed by atoms with Crippen molar-refractivity contribution in [3.63, 3.8) is 0 Å². The number of amides is 2. The van der Waals surface area contributed by atoms with Gasteiger partial charge < -0.3 is 14.5 Å². The topological polar surface area (TPSA) is 93.5 Å². The summed E-state index contributed by atoms with van der Waals surface area (Å²) < 4.78 is 10.6. The van der Waals surface area contributed by atoms with Crippen LogP contribution >= 0.6 is 0 Å². The van der Waals surface area contributed by atoms with Crippen molar-refractivity contribution in [2.45, 2.75) is 0 Å². The van der Waals surface area contributed by atoms with E-state index < -0.39 is 11.7 Å². The normalized spacial score (nSPS) is 10.7. The summed E-state index contributed by atoms with van der Waals surface area (Å²) in [6.45, 7) is 0. The highest BCUT2D eigenvalue weighted by atomic mass is 16.5. The average molecular weight is 361 g/mol. The first-order valence-electron chi connectivity index (χ1n) is 8.18. The molecule has 2 heterocycles.